The first-order valence-corrected chi connectivity index (χ1v) is 6.07. The van der Waals surface area contributed by atoms with Crippen LogP contribution in [0.3, 0.4) is 0 Å². The Balaban J connectivity index is 2.46. The number of nitrogens with zero attached hydrogens (tertiary/aromatic N) is 1. The first kappa shape index (κ1) is 11.6. The fraction of sp³-hybridized carbons (Fsp3) is 0.0909. The van der Waals surface area contributed by atoms with E-state index in [9.17, 15) is 4.79 Å². The molecule has 16 heavy (non-hydrogen) atoms. The van der Waals surface area contributed by atoms with E-state index >= 15 is 0 Å². The Bertz CT molecular complexity index is 551. The zero-order valence-electron chi connectivity index (χ0n) is 8.33. The summed E-state index contributed by atoms with van der Waals surface area (Å²) in [6, 6.07) is 5.21. The molecule has 2 nitrogen and oxygen atoms in total. The van der Waals surface area contributed by atoms with E-state index in [4.69, 9.17) is 23.2 Å². The van der Waals surface area contributed by atoms with E-state index in [0.29, 0.717) is 14.9 Å². The average Bonchev–Trinajstić information content (AvgIpc) is 2.66. The fourth-order valence-corrected chi connectivity index (χ4v) is 2.63. The van der Waals surface area contributed by atoms with Crippen molar-refractivity contribution in [1.29, 1.82) is 0 Å². The van der Waals surface area contributed by atoms with Crippen molar-refractivity contribution >= 4 is 40.3 Å². The molecule has 0 saturated heterocycles. The zero-order valence-corrected chi connectivity index (χ0v) is 10.7. The molecule has 0 N–H and O–H groups in total. The second-order valence-corrected chi connectivity index (χ2v) is 5.08. The summed E-state index contributed by atoms with van der Waals surface area (Å²) in [6.07, 6.45) is 1.56. The van der Waals surface area contributed by atoms with Gasteiger partial charge in [-0.2, -0.15) is 0 Å². The maximum absolute atomic E-state index is 11.1. The largest absolute Gasteiger partial charge is 0.294 e. The SMILES string of the molecule is CC(=O)c1cnc(-c2ccc(Cl)cc2Cl)s1. The number of ketones is 1. The third-order valence-electron chi connectivity index (χ3n) is 2.01. The maximum Gasteiger partial charge on any atom is 0.171 e. The van der Waals surface area contributed by atoms with Gasteiger partial charge >= 0.3 is 0 Å². The monoisotopic (exact) mass is 271 g/mol. The Morgan fingerprint density at radius 3 is 2.69 bits per heavy atom. The molecular formula is C11H7Cl2NOS. The van der Waals surface area contributed by atoms with E-state index in [1.54, 1.807) is 24.4 Å². The van der Waals surface area contributed by atoms with Crippen LogP contribution in [0.5, 0.6) is 0 Å². The molecule has 0 fully saturated rings. The number of benzene rings is 1. The summed E-state index contributed by atoms with van der Waals surface area (Å²) in [5.74, 6) is 0.00818. The Labute approximate surface area is 107 Å². The van der Waals surface area contributed by atoms with Crippen molar-refractivity contribution in [1.82, 2.24) is 4.98 Å². The molecule has 0 aliphatic rings. The first-order valence-electron chi connectivity index (χ1n) is 4.50. The normalized spacial score (nSPS) is 10.4. The predicted octanol–water partition coefficient (Wildman–Crippen LogP) is 4.32. The molecule has 82 valence electrons. The molecule has 1 aromatic carbocycles. The lowest BCUT2D eigenvalue weighted by Crippen LogP contribution is -1.83. The highest BCUT2D eigenvalue weighted by molar-refractivity contribution is 7.17. The van der Waals surface area contributed by atoms with Crippen LogP contribution in [0.4, 0.5) is 0 Å². The molecule has 0 saturated carbocycles. The third kappa shape index (κ3) is 2.26. The van der Waals surface area contributed by atoms with Crippen LogP contribution in [-0.2, 0) is 0 Å². The van der Waals surface area contributed by atoms with Gasteiger partial charge in [0, 0.05) is 23.7 Å². The van der Waals surface area contributed by atoms with Gasteiger partial charge in [-0.1, -0.05) is 23.2 Å². The smallest absolute Gasteiger partial charge is 0.171 e. The number of hydrogen-bond donors (Lipinski definition) is 0. The Hall–Kier alpha value is -0.900. The van der Waals surface area contributed by atoms with Gasteiger partial charge in [0.05, 0.1) is 9.90 Å². The van der Waals surface area contributed by atoms with Crippen LogP contribution in [0.1, 0.15) is 16.6 Å². The van der Waals surface area contributed by atoms with Gasteiger partial charge in [0.1, 0.15) is 5.01 Å². The van der Waals surface area contributed by atoms with Gasteiger partial charge in [0.15, 0.2) is 5.78 Å². The molecule has 0 unspecified atom stereocenters. The molecule has 0 aliphatic carbocycles. The standard InChI is InChI=1S/C11H7Cl2NOS/c1-6(15)10-5-14-11(16-10)8-3-2-7(12)4-9(8)13/h2-5H,1H3. The van der Waals surface area contributed by atoms with Gasteiger partial charge in [-0.3, -0.25) is 4.79 Å². The molecule has 0 bridgehead atoms. The van der Waals surface area contributed by atoms with Gasteiger partial charge in [-0.15, -0.1) is 11.3 Å². The lowest BCUT2D eigenvalue weighted by molar-refractivity contribution is 0.102. The van der Waals surface area contributed by atoms with Crippen molar-refractivity contribution < 1.29 is 4.79 Å². The van der Waals surface area contributed by atoms with E-state index in [1.807, 2.05) is 0 Å². The van der Waals surface area contributed by atoms with Crippen LogP contribution in [0.25, 0.3) is 10.6 Å². The molecule has 0 aliphatic heterocycles. The van der Waals surface area contributed by atoms with Crippen molar-refractivity contribution in [3.8, 4) is 10.6 Å². The van der Waals surface area contributed by atoms with Gasteiger partial charge in [0.25, 0.3) is 0 Å². The quantitative estimate of drug-likeness (QED) is 0.762. The number of carbonyl (C=O) groups is 1. The third-order valence-corrected chi connectivity index (χ3v) is 3.69. The highest BCUT2D eigenvalue weighted by Crippen LogP contribution is 2.32. The van der Waals surface area contributed by atoms with Crippen molar-refractivity contribution in [3.63, 3.8) is 0 Å². The van der Waals surface area contributed by atoms with Crippen LogP contribution in [0.15, 0.2) is 24.4 Å². The Kier molecular flexibility index (Phi) is 3.28. The summed E-state index contributed by atoms with van der Waals surface area (Å²) in [5.41, 5.74) is 0.795. The first-order chi connectivity index (χ1) is 7.58. The van der Waals surface area contributed by atoms with Crippen LogP contribution < -0.4 is 0 Å². The number of thiazole rings is 1. The van der Waals surface area contributed by atoms with Gasteiger partial charge in [0.2, 0.25) is 0 Å². The summed E-state index contributed by atoms with van der Waals surface area (Å²) in [6.45, 7) is 1.51. The highest BCUT2D eigenvalue weighted by atomic mass is 35.5. The summed E-state index contributed by atoms with van der Waals surface area (Å²) >= 11 is 13.2. The molecule has 2 rings (SSSR count). The minimum absolute atomic E-state index is 0.00818. The lowest BCUT2D eigenvalue weighted by atomic mass is 10.2. The number of hydrogen-bond acceptors (Lipinski definition) is 3. The molecule has 2 aromatic rings. The predicted molar refractivity (Wildman–Crippen MR) is 67.6 cm³/mol. The second-order valence-electron chi connectivity index (χ2n) is 3.21. The van der Waals surface area contributed by atoms with E-state index in [0.717, 1.165) is 10.6 Å². The number of rotatable bonds is 2. The molecule has 5 heteroatoms. The van der Waals surface area contributed by atoms with E-state index < -0.39 is 0 Å². The summed E-state index contributed by atoms with van der Waals surface area (Å²) in [7, 11) is 0. The van der Waals surface area contributed by atoms with Gasteiger partial charge in [-0.05, 0) is 18.2 Å². The Morgan fingerprint density at radius 1 is 1.38 bits per heavy atom. The van der Waals surface area contributed by atoms with Crippen molar-refractivity contribution in [2.45, 2.75) is 6.92 Å². The van der Waals surface area contributed by atoms with Gasteiger partial charge in [-0.25, -0.2) is 4.98 Å². The number of Topliss-reactive ketones (excluding diaryl/α,β-unsaturated/α-hetero) is 1. The lowest BCUT2D eigenvalue weighted by Gasteiger charge is -1.99. The molecule has 1 aromatic heterocycles. The summed E-state index contributed by atoms with van der Waals surface area (Å²) in [5, 5.41) is 1.85. The average molecular weight is 272 g/mol. The summed E-state index contributed by atoms with van der Waals surface area (Å²) < 4.78 is 0. The van der Waals surface area contributed by atoms with Crippen molar-refractivity contribution in [2.24, 2.45) is 0 Å². The number of carbonyl (C=O) groups excluding carboxylic acids is 1. The summed E-state index contributed by atoms with van der Waals surface area (Å²) in [4.78, 5) is 15.9. The van der Waals surface area contributed by atoms with Crippen molar-refractivity contribution in [3.05, 3.63) is 39.3 Å². The molecule has 0 radical (unpaired) electrons. The van der Waals surface area contributed by atoms with E-state index in [-0.39, 0.29) is 5.78 Å². The van der Waals surface area contributed by atoms with Crippen molar-refractivity contribution in [2.75, 3.05) is 0 Å². The molecule has 0 atom stereocenters. The van der Waals surface area contributed by atoms with Crippen LogP contribution in [0.2, 0.25) is 10.0 Å². The second kappa shape index (κ2) is 4.53. The maximum atomic E-state index is 11.1. The molecule has 1 heterocycles. The van der Waals surface area contributed by atoms with E-state index in [2.05, 4.69) is 4.98 Å². The minimum atomic E-state index is 0.00818. The van der Waals surface area contributed by atoms with Crippen LogP contribution >= 0.6 is 34.5 Å². The topological polar surface area (TPSA) is 30.0 Å². The number of aromatic nitrogens is 1. The minimum Gasteiger partial charge on any atom is -0.294 e. The van der Waals surface area contributed by atoms with Gasteiger partial charge < -0.3 is 0 Å². The molecule has 0 spiro atoms. The van der Waals surface area contributed by atoms with Crippen LogP contribution in [0, 0.1) is 0 Å². The highest BCUT2D eigenvalue weighted by Gasteiger charge is 2.10. The van der Waals surface area contributed by atoms with Crippen LogP contribution in [-0.4, -0.2) is 10.8 Å². The molecule has 0 amide bonds. The Morgan fingerprint density at radius 2 is 2.12 bits per heavy atom. The molecular weight excluding hydrogens is 265 g/mol. The number of halogens is 2. The zero-order chi connectivity index (χ0) is 11.7. The van der Waals surface area contributed by atoms with E-state index in [1.165, 1.54) is 18.3 Å². The fourth-order valence-electron chi connectivity index (χ4n) is 1.22.